The van der Waals surface area contributed by atoms with E-state index in [0.717, 1.165) is 4.47 Å². The summed E-state index contributed by atoms with van der Waals surface area (Å²) in [5, 5.41) is 2.19. The molecular weight excluding hydrogens is 300 g/mol. The Bertz CT molecular complexity index is 500. The van der Waals surface area contributed by atoms with Gasteiger partial charge in [-0.3, -0.25) is 24.6 Å². The molecule has 1 aromatic carbocycles. The predicted molar refractivity (Wildman–Crippen MR) is 68.1 cm³/mol. The SMILES string of the molecule is O=C1CN(CC(=O)c2cccc(Br)c2)CC(=O)N1. The maximum Gasteiger partial charge on any atom is 0.240 e. The number of carbonyl (C=O) groups is 3. The number of piperazine rings is 1. The van der Waals surface area contributed by atoms with Crippen LogP contribution in [0.25, 0.3) is 0 Å². The highest BCUT2D eigenvalue weighted by Gasteiger charge is 2.24. The fourth-order valence-electron chi connectivity index (χ4n) is 1.76. The summed E-state index contributed by atoms with van der Waals surface area (Å²) in [4.78, 5) is 35.8. The van der Waals surface area contributed by atoms with Gasteiger partial charge >= 0.3 is 0 Å². The van der Waals surface area contributed by atoms with Crippen LogP contribution in [-0.2, 0) is 9.59 Å². The fraction of sp³-hybridized carbons (Fsp3) is 0.250. The number of carbonyl (C=O) groups excluding carboxylic acids is 3. The molecule has 0 saturated carbocycles. The molecule has 18 heavy (non-hydrogen) atoms. The summed E-state index contributed by atoms with van der Waals surface area (Å²) in [5.41, 5.74) is 0.558. The molecule has 0 aliphatic carbocycles. The molecule has 6 heteroatoms. The van der Waals surface area contributed by atoms with Crippen molar-refractivity contribution in [3.8, 4) is 0 Å². The number of imide groups is 1. The first kappa shape index (κ1) is 12.9. The van der Waals surface area contributed by atoms with Gasteiger partial charge in [-0.25, -0.2) is 0 Å². The molecule has 0 bridgehead atoms. The Labute approximate surface area is 112 Å². The molecule has 0 spiro atoms. The van der Waals surface area contributed by atoms with E-state index in [0.29, 0.717) is 5.56 Å². The molecular formula is C12H11BrN2O3. The van der Waals surface area contributed by atoms with E-state index in [9.17, 15) is 14.4 Å². The molecule has 0 atom stereocenters. The van der Waals surface area contributed by atoms with Gasteiger partial charge in [0.1, 0.15) is 0 Å². The lowest BCUT2D eigenvalue weighted by Gasteiger charge is -2.24. The van der Waals surface area contributed by atoms with Gasteiger partial charge in [-0.05, 0) is 12.1 Å². The summed E-state index contributed by atoms with van der Waals surface area (Å²) >= 11 is 3.29. The molecule has 5 nitrogen and oxygen atoms in total. The Morgan fingerprint density at radius 2 is 1.94 bits per heavy atom. The van der Waals surface area contributed by atoms with Crippen molar-refractivity contribution in [2.45, 2.75) is 0 Å². The van der Waals surface area contributed by atoms with E-state index < -0.39 is 0 Å². The summed E-state index contributed by atoms with van der Waals surface area (Å²) in [6.45, 7) is 0.215. The van der Waals surface area contributed by atoms with Gasteiger partial charge in [0.15, 0.2) is 5.78 Å². The van der Waals surface area contributed by atoms with E-state index >= 15 is 0 Å². The molecule has 0 radical (unpaired) electrons. The van der Waals surface area contributed by atoms with Gasteiger partial charge in [-0.15, -0.1) is 0 Å². The Morgan fingerprint density at radius 3 is 2.56 bits per heavy atom. The van der Waals surface area contributed by atoms with E-state index in [1.165, 1.54) is 4.90 Å². The number of benzene rings is 1. The van der Waals surface area contributed by atoms with Gasteiger partial charge in [-0.1, -0.05) is 28.1 Å². The van der Waals surface area contributed by atoms with Crippen LogP contribution in [-0.4, -0.2) is 42.1 Å². The van der Waals surface area contributed by atoms with Crippen molar-refractivity contribution in [3.63, 3.8) is 0 Å². The highest BCUT2D eigenvalue weighted by molar-refractivity contribution is 9.10. The van der Waals surface area contributed by atoms with Crippen molar-refractivity contribution in [2.24, 2.45) is 0 Å². The molecule has 1 heterocycles. The molecule has 1 aliphatic rings. The zero-order chi connectivity index (χ0) is 13.1. The van der Waals surface area contributed by atoms with Crippen molar-refractivity contribution in [3.05, 3.63) is 34.3 Å². The average Bonchev–Trinajstić information content (AvgIpc) is 2.27. The number of halogens is 1. The quantitative estimate of drug-likeness (QED) is 0.655. The zero-order valence-electron chi connectivity index (χ0n) is 9.48. The minimum atomic E-state index is -0.367. The molecule has 1 fully saturated rings. The third-order valence-electron chi connectivity index (χ3n) is 2.53. The number of hydrogen-bond donors (Lipinski definition) is 1. The summed E-state index contributed by atoms with van der Waals surface area (Å²) in [6, 6.07) is 7.02. The van der Waals surface area contributed by atoms with E-state index in [4.69, 9.17) is 0 Å². The van der Waals surface area contributed by atoms with Crippen molar-refractivity contribution in [1.82, 2.24) is 10.2 Å². The summed E-state index contributed by atoms with van der Waals surface area (Å²) < 4.78 is 0.820. The van der Waals surface area contributed by atoms with E-state index in [1.54, 1.807) is 18.2 Å². The molecule has 2 amide bonds. The summed E-state index contributed by atoms with van der Waals surface area (Å²) in [5.74, 6) is -0.847. The van der Waals surface area contributed by atoms with E-state index in [-0.39, 0.29) is 37.2 Å². The van der Waals surface area contributed by atoms with Gasteiger partial charge in [0.2, 0.25) is 11.8 Å². The van der Waals surface area contributed by atoms with Gasteiger partial charge < -0.3 is 0 Å². The number of nitrogens with zero attached hydrogens (tertiary/aromatic N) is 1. The number of hydrogen-bond acceptors (Lipinski definition) is 4. The maximum atomic E-state index is 12.0. The van der Waals surface area contributed by atoms with Gasteiger partial charge in [0, 0.05) is 10.0 Å². The van der Waals surface area contributed by atoms with E-state index in [1.807, 2.05) is 6.07 Å². The largest absolute Gasteiger partial charge is 0.294 e. The highest BCUT2D eigenvalue weighted by Crippen LogP contribution is 2.12. The Balaban J connectivity index is 2.03. The smallest absolute Gasteiger partial charge is 0.240 e. The first-order chi connectivity index (χ1) is 8.54. The van der Waals surface area contributed by atoms with Crippen LogP contribution >= 0.6 is 15.9 Å². The highest BCUT2D eigenvalue weighted by atomic mass is 79.9. The van der Waals surface area contributed by atoms with Crippen molar-refractivity contribution >= 4 is 33.5 Å². The Morgan fingerprint density at radius 1 is 1.28 bits per heavy atom. The Kier molecular flexibility index (Phi) is 3.88. The van der Waals surface area contributed by atoms with Crippen LogP contribution in [0.4, 0.5) is 0 Å². The van der Waals surface area contributed by atoms with E-state index in [2.05, 4.69) is 21.2 Å². The first-order valence-electron chi connectivity index (χ1n) is 5.38. The third-order valence-corrected chi connectivity index (χ3v) is 3.02. The average molecular weight is 311 g/mol. The van der Waals surface area contributed by atoms with Gasteiger partial charge in [0.05, 0.1) is 19.6 Å². The second-order valence-electron chi connectivity index (χ2n) is 4.05. The molecule has 2 rings (SSSR count). The van der Waals surface area contributed by atoms with Crippen LogP contribution in [0.3, 0.4) is 0 Å². The summed E-state index contributed by atoms with van der Waals surface area (Å²) in [6.07, 6.45) is 0. The topological polar surface area (TPSA) is 66.5 Å². The molecule has 0 aromatic heterocycles. The minimum absolute atomic E-state index is 0.0651. The van der Waals surface area contributed by atoms with Crippen LogP contribution in [0.15, 0.2) is 28.7 Å². The third kappa shape index (κ3) is 3.24. The fourth-order valence-corrected chi connectivity index (χ4v) is 2.16. The second kappa shape index (κ2) is 5.41. The zero-order valence-corrected chi connectivity index (χ0v) is 11.1. The Hall–Kier alpha value is -1.53. The number of rotatable bonds is 3. The molecule has 1 saturated heterocycles. The second-order valence-corrected chi connectivity index (χ2v) is 4.97. The van der Waals surface area contributed by atoms with Crippen LogP contribution in [0.2, 0.25) is 0 Å². The van der Waals surface area contributed by atoms with Crippen LogP contribution in [0.5, 0.6) is 0 Å². The van der Waals surface area contributed by atoms with Crippen LogP contribution < -0.4 is 5.32 Å². The molecule has 0 unspecified atom stereocenters. The van der Waals surface area contributed by atoms with Crippen molar-refractivity contribution in [1.29, 1.82) is 0 Å². The lowest BCUT2D eigenvalue weighted by molar-refractivity contribution is -0.135. The summed E-state index contributed by atoms with van der Waals surface area (Å²) in [7, 11) is 0. The lowest BCUT2D eigenvalue weighted by atomic mass is 10.1. The number of Topliss-reactive ketones (excluding diaryl/α,β-unsaturated/α-hetero) is 1. The number of ketones is 1. The van der Waals surface area contributed by atoms with Crippen molar-refractivity contribution < 1.29 is 14.4 Å². The van der Waals surface area contributed by atoms with Crippen LogP contribution in [0.1, 0.15) is 10.4 Å². The number of nitrogens with one attached hydrogen (secondary N) is 1. The normalized spacial score (nSPS) is 16.5. The molecule has 1 aromatic rings. The van der Waals surface area contributed by atoms with Crippen LogP contribution in [0, 0.1) is 0 Å². The monoisotopic (exact) mass is 310 g/mol. The standard InChI is InChI=1S/C12H11BrN2O3/c13-9-3-1-2-8(4-9)10(16)5-15-6-11(17)14-12(18)7-15/h1-4H,5-7H2,(H,14,17,18). The maximum absolute atomic E-state index is 12.0. The predicted octanol–water partition coefficient (Wildman–Crippen LogP) is 0.590. The van der Waals surface area contributed by atoms with Gasteiger partial charge in [-0.2, -0.15) is 0 Å². The minimum Gasteiger partial charge on any atom is -0.294 e. The molecule has 1 N–H and O–H groups in total. The molecule has 94 valence electrons. The molecule has 1 aliphatic heterocycles. The lowest BCUT2D eigenvalue weighted by Crippen LogP contribution is -2.52. The number of amides is 2. The van der Waals surface area contributed by atoms with Gasteiger partial charge in [0.25, 0.3) is 0 Å². The van der Waals surface area contributed by atoms with Crippen molar-refractivity contribution in [2.75, 3.05) is 19.6 Å². The first-order valence-corrected chi connectivity index (χ1v) is 6.18.